The molecular formula is C27H23N5O. The van der Waals surface area contributed by atoms with Gasteiger partial charge in [-0.3, -0.25) is 4.57 Å². The van der Waals surface area contributed by atoms with E-state index in [0.29, 0.717) is 23.6 Å². The third-order valence-electron chi connectivity index (χ3n) is 5.59. The Labute approximate surface area is 192 Å². The zero-order chi connectivity index (χ0) is 22.5. The Kier molecular flexibility index (Phi) is 5.66. The molecule has 6 nitrogen and oxygen atoms in total. The molecule has 0 fully saturated rings. The summed E-state index contributed by atoms with van der Waals surface area (Å²) in [4.78, 5) is 12.6. The van der Waals surface area contributed by atoms with Gasteiger partial charge in [-0.15, -0.1) is 0 Å². The molecule has 0 aliphatic carbocycles. The summed E-state index contributed by atoms with van der Waals surface area (Å²) in [5.41, 5.74) is 9.54. The van der Waals surface area contributed by atoms with Crippen LogP contribution < -0.4 is 5.73 Å². The van der Waals surface area contributed by atoms with Gasteiger partial charge in [0, 0.05) is 6.20 Å². The monoisotopic (exact) mass is 433 g/mol. The normalized spacial score (nSPS) is 11.9. The van der Waals surface area contributed by atoms with Gasteiger partial charge < -0.3 is 10.5 Å². The molecule has 0 saturated carbocycles. The number of benzene rings is 3. The predicted molar refractivity (Wildman–Crippen MR) is 130 cm³/mol. The van der Waals surface area contributed by atoms with Crippen LogP contribution in [0.3, 0.4) is 0 Å². The van der Waals surface area contributed by atoms with E-state index in [1.165, 1.54) is 6.33 Å². The number of aromatic nitrogens is 4. The lowest BCUT2D eigenvalue weighted by Gasteiger charge is -2.35. The molecule has 0 aliphatic heterocycles. The number of hydrogen-bond donors (Lipinski definition) is 1. The Morgan fingerprint density at radius 1 is 0.758 bits per heavy atom. The molecule has 0 saturated heterocycles. The lowest BCUT2D eigenvalue weighted by atomic mass is 9.80. The number of hydrogen-bond acceptors (Lipinski definition) is 5. The van der Waals surface area contributed by atoms with Crippen LogP contribution in [0.1, 0.15) is 16.7 Å². The Balaban J connectivity index is 1.53. The molecule has 0 spiro atoms. The third kappa shape index (κ3) is 3.88. The van der Waals surface area contributed by atoms with Crippen molar-refractivity contribution in [3.63, 3.8) is 0 Å². The average Bonchev–Trinajstić information content (AvgIpc) is 3.30. The van der Waals surface area contributed by atoms with Crippen LogP contribution in [0.2, 0.25) is 0 Å². The fourth-order valence-corrected chi connectivity index (χ4v) is 4.08. The highest BCUT2D eigenvalue weighted by molar-refractivity contribution is 5.82. The number of nitrogens with zero attached hydrogens (tertiary/aromatic N) is 4. The second-order valence-electron chi connectivity index (χ2n) is 7.56. The van der Waals surface area contributed by atoms with Gasteiger partial charge in [0.15, 0.2) is 17.0 Å². The summed E-state index contributed by atoms with van der Waals surface area (Å²) in [5, 5.41) is 0. The molecule has 2 heterocycles. The Morgan fingerprint density at radius 2 is 1.30 bits per heavy atom. The van der Waals surface area contributed by atoms with E-state index in [0.717, 1.165) is 16.7 Å². The fourth-order valence-electron chi connectivity index (χ4n) is 4.08. The van der Waals surface area contributed by atoms with Crippen LogP contribution in [0, 0.1) is 0 Å². The van der Waals surface area contributed by atoms with Crippen LogP contribution in [0.5, 0.6) is 0 Å². The van der Waals surface area contributed by atoms with Crippen molar-refractivity contribution in [3.8, 4) is 0 Å². The first-order chi connectivity index (χ1) is 16.3. The first-order valence-electron chi connectivity index (χ1n) is 10.7. The number of nitrogen functional groups attached to an aromatic ring is 1. The van der Waals surface area contributed by atoms with E-state index >= 15 is 0 Å². The highest BCUT2D eigenvalue weighted by atomic mass is 16.5. The highest BCUT2D eigenvalue weighted by Gasteiger charge is 2.37. The molecule has 0 amide bonds. The number of anilines is 1. The molecule has 0 aliphatic rings. The van der Waals surface area contributed by atoms with E-state index in [1.807, 2.05) is 71.4 Å². The minimum atomic E-state index is -0.766. The maximum absolute atomic E-state index is 6.74. The highest BCUT2D eigenvalue weighted by Crippen LogP contribution is 2.40. The fraction of sp³-hybridized carbons (Fsp3) is 0.0741. The van der Waals surface area contributed by atoms with Crippen LogP contribution >= 0.6 is 0 Å². The van der Waals surface area contributed by atoms with Crippen molar-refractivity contribution in [2.24, 2.45) is 0 Å². The van der Waals surface area contributed by atoms with Crippen molar-refractivity contribution in [2.75, 3.05) is 12.3 Å². The quantitative estimate of drug-likeness (QED) is 0.370. The van der Waals surface area contributed by atoms with Crippen molar-refractivity contribution in [1.82, 2.24) is 19.5 Å². The van der Waals surface area contributed by atoms with Crippen molar-refractivity contribution < 1.29 is 4.74 Å². The molecule has 0 bridgehead atoms. The van der Waals surface area contributed by atoms with E-state index < -0.39 is 5.60 Å². The molecule has 33 heavy (non-hydrogen) atoms. The number of nitrogens with two attached hydrogens (primary N) is 1. The summed E-state index contributed by atoms with van der Waals surface area (Å²) < 4.78 is 8.56. The Bertz CT molecular complexity index is 1270. The van der Waals surface area contributed by atoms with E-state index in [4.69, 9.17) is 10.5 Å². The van der Waals surface area contributed by atoms with E-state index in [2.05, 4.69) is 51.4 Å². The van der Waals surface area contributed by atoms with Crippen molar-refractivity contribution in [1.29, 1.82) is 0 Å². The lowest BCUT2D eigenvalue weighted by molar-refractivity contribution is 0.0322. The summed E-state index contributed by atoms with van der Waals surface area (Å²) in [7, 11) is 0. The molecule has 5 aromatic rings. The average molecular weight is 434 g/mol. The molecule has 0 radical (unpaired) electrons. The van der Waals surface area contributed by atoms with Gasteiger partial charge in [-0.25, -0.2) is 15.0 Å². The summed E-state index contributed by atoms with van der Waals surface area (Å²) in [6.45, 7) is 0.360. The number of ether oxygens (including phenoxy) is 1. The van der Waals surface area contributed by atoms with E-state index in [1.54, 1.807) is 6.33 Å². The minimum absolute atomic E-state index is 0.360. The molecule has 3 aromatic carbocycles. The topological polar surface area (TPSA) is 78.9 Å². The SMILES string of the molecule is Nc1ncnc2c1ncn2C=CCOC(c1ccccc1)(c1ccccc1)c1ccccc1. The second kappa shape index (κ2) is 9.06. The molecule has 6 heteroatoms. The van der Waals surface area contributed by atoms with Crippen LogP contribution in [-0.2, 0) is 10.3 Å². The molecular weight excluding hydrogens is 410 g/mol. The zero-order valence-electron chi connectivity index (χ0n) is 18.0. The van der Waals surface area contributed by atoms with Gasteiger partial charge in [-0.05, 0) is 22.8 Å². The summed E-state index contributed by atoms with van der Waals surface area (Å²) >= 11 is 0. The van der Waals surface area contributed by atoms with Gasteiger partial charge in [0.1, 0.15) is 18.3 Å². The zero-order valence-corrected chi connectivity index (χ0v) is 18.0. The van der Waals surface area contributed by atoms with Crippen LogP contribution in [0.25, 0.3) is 17.4 Å². The minimum Gasteiger partial charge on any atom is -0.382 e. The van der Waals surface area contributed by atoms with Crippen LogP contribution in [-0.4, -0.2) is 26.1 Å². The van der Waals surface area contributed by atoms with E-state index in [9.17, 15) is 0 Å². The van der Waals surface area contributed by atoms with Crippen LogP contribution in [0.4, 0.5) is 5.82 Å². The first kappa shape index (κ1) is 20.6. The van der Waals surface area contributed by atoms with Crippen molar-refractivity contribution in [2.45, 2.75) is 5.60 Å². The van der Waals surface area contributed by atoms with Crippen molar-refractivity contribution in [3.05, 3.63) is 126 Å². The Hall–Kier alpha value is -4.29. The van der Waals surface area contributed by atoms with Gasteiger partial charge >= 0.3 is 0 Å². The number of rotatable bonds is 7. The molecule has 2 aromatic heterocycles. The van der Waals surface area contributed by atoms with Gasteiger partial charge in [0.2, 0.25) is 0 Å². The van der Waals surface area contributed by atoms with Gasteiger partial charge in [-0.1, -0.05) is 91.0 Å². The molecule has 0 unspecified atom stereocenters. The molecule has 5 rings (SSSR count). The molecule has 2 N–H and O–H groups in total. The largest absolute Gasteiger partial charge is 0.382 e. The van der Waals surface area contributed by atoms with Crippen molar-refractivity contribution >= 4 is 23.2 Å². The second-order valence-corrected chi connectivity index (χ2v) is 7.56. The maximum Gasteiger partial charge on any atom is 0.169 e. The number of imidazole rings is 1. The molecule has 0 atom stereocenters. The number of fused-ring (bicyclic) bond motifs is 1. The summed E-state index contributed by atoms with van der Waals surface area (Å²) in [6.07, 6.45) is 6.94. The predicted octanol–water partition coefficient (Wildman–Crippen LogP) is 4.89. The lowest BCUT2D eigenvalue weighted by Crippen LogP contribution is -2.33. The standard InChI is InChI=1S/C27H23N5O/c28-25-24-26(30-19-29-25)32(20-31-24)17-10-18-33-27(21-11-4-1-5-12-21,22-13-6-2-7-14-22)23-15-8-3-9-16-23/h1-17,19-20H,18H2,(H2,28,29,30). The smallest absolute Gasteiger partial charge is 0.169 e. The maximum atomic E-state index is 6.74. The van der Waals surface area contributed by atoms with Gasteiger partial charge in [0.25, 0.3) is 0 Å². The van der Waals surface area contributed by atoms with Crippen LogP contribution in [0.15, 0.2) is 110 Å². The van der Waals surface area contributed by atoms with Gasteiger partial charge in [0.05, 0.1) is 6.61 Å². The third-order valence-corrected chi connectivity index (χ3v) is 5.59. The Morgan fingerprint density at radius 3 is 1.85 bits per heavy atom. The summed E-state index contributed by atoms with van der Waals surface area (Å²) in [5.74, 6) is 0.361. The first-order valence-corrected chi connectivity index (χ1v) is 10.7. The molecule has 162 valence electrons. The summed E-state index contributed by atoms with van der Waals surface area (Å²) in [6, 6.07) is 30.9. The van der Waals surface area contributed by atoms with Gasteiger partial charge in [-0.2, -0.15) is 0 Å². The van der Waals surface area contributed by atoms with E-state index in [-0.39, 0.29) is 0 Å².